The highest BCUT2D eigenvalue weighted by atomic mass is 16.5. The largest absolute Gasteiger partial charge is 0.481 e. The summed E-state index contributed by atoms with van der Waals surface area (Å²) >= 11 is 0. The van der Waals surface area contributed by atoms with Crippen molar-refractivity contribution in [3.8, 4) is 11.1 Å². The van der Waals surface area contributed by atoms with Gasteiger partial charge in [0.15, 0.2) is 0 Å². The van der Waals surface area contributed by atoms with E-state index in [2.05, 4.69) is 34.9 Å². The number of ether oxygens (including phenoxy) is 1. The fraction of sp³-hybridized carbons (Fsp3) is 0.423. The molecule has 33 heavy (non-hydrogen) atoms. The molecule has 3 aliphatic rings. The lowest BCUT2D eigenvalue weighted by atomic mass is 9.98. The van der Waals surface area contributed by atoms with E-state index >= 15 is 0 Å². The van der Waals surface area contributed by atoms with E-state index in [0.29, 0.717) is 25.2 Å². The Morgan fingerprint density at radius 2 is 1.61 bits per heavy atom. The van der Waals surface area contributed by atoms with Gasteiger partial charge in [0.05, 0.1) is 5.92 Å². The molecule has 2 aromatic carbocycles. The van der Waals surface area contributed by atoms with E-state index in [9.17, 15) is 19.5 Å². The van der Waals surface area contributed by atoms with Crippen molar-refractivity contribution >= 4 is 18.0 Å². The average Bonchev–Trinajstić information content (AvgIpc) is 3.74. The minimum Gasteiger partial charge on any atom is -0.481 e. The molecule has 0 spiro atoms. The van der Waals surface area contributed by atoms with Gasteiger partial charge in [0.25, 0.3) is 0 Å². The first-order valence-corrected chi connectivity index (χ1v) is 11.6. The van der Waals surface area contributed by atoms with Crippen LogP contribution in [0.3, 0.4) is 0 Å². The molecule has 3 aliphatic carbocycles. The molecule has 172 valence electrons. The number of amides is 2. The van der Waals surface area contributed by atoms with Gasteiger partial charge in [0.1, 0.15) is 12.1 Å². The zero-order chi connectivity index (χ0) is 23.0. The Hall–Kier alpha value is -3.35. The van der Waals surface area contributed by atoms with Crippen LogP contribution in [0.2, 0.25) is 0 Å². The average molecular weight is 449 g/mol. The van der Waals surface area contributed by atoms with Crippen molar-refractivity contribution in [3.05, 3.63) is 59.7 Å². The third-order valence-electron chi connectivity index (χ3n) is 7.04. The maximum absolute atomic E-state index is 12.7. The van der Waals surface area contributed by atoms with Gasteiger partial charge in [-0.15, -0.1) is 0 Å². The number of fused-ring (bicyclic) bond motifs is 3. The zero-order valence-corrected chi connectivity index (χ0v) is 18.4. The number of carbonyl (C=O) groups is 3. The van der Waals surface area contributed by atoms with Crippen LogP contribution in [0.5, 0.6) is 0 Å². The fourth-order valence-corrected chi connectivity index (χ4v) is 4.78. The van der Waals surface area contributed by atoms with Crippen LogP contribution in [0.25, 0.3) is 11.1 Å². The maximum atomic E-state index is 12.7. The number of nitrogens with one attached hydrogen (secondary N) is 2. The van der Waals surface area contributed by atoms with Gasteiger partial charge in [0, 0.05) is 12.5 Å². The number of hydrogen-bond acceptors (Lipinski definition) is 4. The summed E-state index contributed by atoms with van der Waals surface area (Å²) < 4.78 is 5.57. The van der Waals surface area contributed by atoms with Crippen LogP contribution in [0.15, 0.2) is 48.5 Å². The van der Waals surface area contributed by atoms with E-state index in [1.807, 2.05) is 24.3 Å². The molecule has 0 radical (unpaired) electrons. The number of benzene rings is 2. The number of carboxylic acid groups (broad SMARTS) is 1. The Morgan fingerprint density at radius 1 is 1.00 bits per heavy atom. The Morgan fingerprint density at radius 3 is 2.15 bits per heavy atom. The second kappa shape index (κ2) is 8.54. The molecule has 7 nitrogen and oxygen atoms in total. The molecule has 7 heteroatoms. The van der Waals surface area contributed by atoms with Crippen molar-refractivity contribution in [2.45, 2.75) is 43.6 Å². The number of alkyl carbamates (subject to hydrolysis) is 1. The molecule has 1 unspecified atom stereocenters. The Labute approximate surface area is 192 Å². The minimum atomic E-state index is -0.995. The van der Waals surface area contributed by atoms with E-state index in [1.54, 1.807) is 0 Å². The van der Waals surface area contributed by atoms with E-state index in [1.165, 1.54) is 0 Å². The van der Waals surface area contributed by atoms with Crippen LogP contribution in [0.1, 0.15) is 49.1 Å². The second-order valence-electron chi connectivity index (χ2n) is 9.46. The molecule has 2 amide bonds. The third kappa shape index (κ3) is 4.45. The van der Waals surface area contributed by atoms with Crippen LogP contribution in [0.4, 0.5) is 4.79 Å². The molecule has 0 bridgehead atoms. The van der Waals surface area contributed by atoms with Crippen molar-refractivity contribution in [1.29, 1.82) is 0 Å². The highest BCUT2D eigenvalue weighted by molar-refractivity contribution is 5.93. The highest BCUT2D eigenvalue weighted by Crippen LogP contribution is 2.44. The van der Waals surface area contributed by atoms with Gasteiger partial charge in [-0.1, -0.05) is 61.4 Å². The molecule has 0 aliphatic heterocycles. The van der Waals surface area contributed by atoms with Gasteiger partial charge in [-0.2, -0.15) is 0 Å². The SMILES string of the molecule is O=C(NC1(C(=O)NCC(CC2CC2)C(=O)O)CC1)OCC1c2ccccc2-c2ccccc21. The quantitative estimate of drug-likeness (QED) is 0.543. The predicted molar refractivity (Wildman–Crippen MR) is 122 cm³/mol. The number of aliphatic carboxylic acids is 1. The van der Waals surface area contributed by atoms with Gasteiger partial charge >= 0.3 is 12.1 Å². The first kappa shape index (κ1) is 21.5. The Kier molecular flexibility index (Phi) is 5.56. The summed E-state index contributed by atoms with van der Waals surface area (Å²) in [7, 11) is 0. The van der Waals surface area contributed by atoms with E-state index in [0.717, 1.165) is 35.1 Å². The van der Waals surface area contributed by atoms with E-state index in [-0.39, 0.29) is 25.0 Å². The molecule has 0 heterocycles. The number of rotatable bonds is 9. The van der Waals surface area contributed by atoms with Gasteiger partial charge in [-0.3, -0.25) is 9.59 Å². The first-order valence-electron chi connectivity index (χ1n) is 11.6. The predicted octanol–water partition coefficient (Wildman–Crippen LogP) is 3.67. The summed E-state index contributed by atoms with van der Waals surface area (Å²) in [4.78, 5) is 36.7. The second-order valence-corrected chi connectivity index (χ2v) is 9.46. The highest BCUT2D eigenvalue weighted by Gasteiger charge is 2.52. The molecule has 0 aromatic heterocycles. The number of hydrogen-bond donors (Lipinski definition) is 3. The van der Waals surface area contributed by atoms with Gasteiger partial charge in [-0.05, 0) is 47.4 Å². The summed E-state index contributed by atoms with van der Waals surface area (Å²) in [5, 5.41) is 14.9. The van der Waals surface area contributed by atoms with Crippen molar-refractivity contribution in [1.82, 2.24) is 10.6 Å². The monoisotopic (exact) mass is 448 g/mol. The molecule has 2 aromatic rings. The van der Waals surface area contributed by atoms with Crippen molar-refractivity contribution in [2.24, 2.45) is 11.8 Å². The van der Waals surface area contributed by atoms with Crippen molar-refractivity contribution in [2.75, 3.05) is 13.2 Å². The summed E-state index contributed by atoms with van der Waals surface area (Å²) in [5.41, 5.74) is 3.56. The van der Waals surface area contributed by atoms with Crippen LogP contribution < -0.4 is 10.6 Å². The van der Waals surface area contributed by atoms with Crippen molar-refractivity contribution < 1.29 is 24.2 Å². The third-order valence-corrected chi connectivity index (χ3v) is 7.04. The summed E-state index contributed by atoms with van der Waals surface area (Å²) in [6, 6.07) is 16.2. The molecular weight excluding hydrogens is 420 g/mol. The van der Waals surface area contributed by atoms with Crippen LogP contribution in [-0.2, 0) is 14.3 Å². The molecular formula is C26H28N2O5. The normalized spacial score (nSPS) is 18.5. The van der Waals surface area contributed by atoms with Crippen LogP contribution in [-0.4, -0.2) is 41.8 Å². The van der Waals surface area contributed by atoms with Crippen molar-refractivity contribution in [3.63, 3.8) is 0 Å². The standard InChI is InChI=1S/C26H28N2O5/c29-23(30)17(13-16-9-10-16)14-27-24(31)26(11-12-26)28-25(32)33-15-22-20-7-3-1-5-18(20)19-6-2-4-8-21(19)22/h1-8,16-17,22H,9-15H2,(H,27,31)(H,28,32)(H,29,30). The molecule has 2 saturated carbocycles. The molecule has 2 fully saturated rings. The molecule has 0 saturated heterocycles. The van der Waals surface area contributed by atoms with Crippen LogP contribution >= 0.6 is 0 Å². The lowest BCUT2D eigenvalue weighted by molar-refractivity contribution is -0.142. The topological polar surface area (TPSA) is 105 Å². The summed E-state index contributed by atoms with van der Waals surface area (Å²) in [5.74, 6) is -1.41. The lowest BCUT2D eigenvalue weighted by Gasteiger charge is -2.20. The van der Waals surface area contributed by atoms with E-state index < -0.39 is 23.5 Å². The van der Waals surface area contributed by atoms with Crippen LogP contribution in [0, 0.1) is 11.8 Å². The molecule has 1 atom stereocenters. The minimum absolute atomic E-state index is 0.0501. The zero-order valence-electron chi connectivity index (χ0n) is 18.4. The van der Waals surface area contributed by atoms with E-state index in [4.69, 9.17) is 4.74 Å². The first-order chi connectivity index (χ1) is 16.0. The van der Waals surface area contributed by atoms with Gasteiger partial charge < -0.3 is 20.5 Å². The smallest absolute Gasteiger partial charge is 0.408 e. The lowest BCUT2D eigenvalue weighted by Crippen LogP contribution is -2.50. The Bertz CT molecular complexity index is 1040. The van der Waals surface area contributed by atoms with Gasteiger partial charge in [0.2, 0.25) is 5.91 Å². The summed E-state index contributed by atoms with van der Waals surface area (Å²) in [6.45, 7) is 0.263. The number of carbonyl (C=O) groups excluding carboxylic acids is 2. The molecule has 3 N–H and O–H groups in total. The number of carboxylic acids is 1. The Balaban J connectivity index is 1.17. The maximum Gasteiger partial charge on any atom is 0.408 e. The fourth-order valence-electron chi connectivity index (χ4n) is 4.78. The van der Waals surface area contributed by atoms with Gasteiger partial charge in [-0.25, -0.2) is 4.79 Å². The summed E-state index contributed by atoms with van der Waals surface area (Å²) in [6.07, 6.45) is 3.11. The molecule has 5 rings (SSSR count).